The maximum atomic E-state index is 12.6. The van der Waals surface area contributed by atoms with E-state index in [2.05, 4.69) is 25.5 Å². The van der Waals surface area contributed by atoms with Crippen LogP contribution in [-0.4, -0.2) is 68.3 Å². The fraction of sp³-hybridized carbons (Fsp3) is 0.778. The predicted octanol–water partition coefficient (Wildman–Crippen LogP) is 2.99. The van der Waals surface area contributed by atoms with E-state index in [4.69, 9.17) is 4.74 Å². The van der Waals surface area contributed by atoms with Crippen molar-refractivity contribution < 1.29 is 17.9 Å². The first-order chi connectivity index (χ1) is 13.4. The number of hydrogen-bond donors (Lipinski definition) is 2. The molecule has 11 heteroatoms. The van der Waals surface area contributed by atoms with E-state index in [1.165, 1.54) is 0 Å². The van der Waals surface area contributed by atoms with E-state index in [-0.39, 0.29) is 24.0 Å². The molecule has 0 bridgehead atoms. The van der Waals surface area contributed by atoms with Crippen molar-refractivity contribution in [3.63, 3.8) is 0 Å². The summed E-state index contributed by atoms with van der Waals surface area (Å²) < 4.78 is 43.2. The van der Waals surface area contributed by atoms with Crippen LogP contribution in [0.15, 0.2) is 10.4 Å². The quantitative estimate of drug-likeness (QED) is 0.326. The molecule has 3 rings (SSSR count). The highest BCUT2D eigenvalue weighted by Gasteiger charge is 2.33. The Morgan fingerprint density at radius 1 is 1.34 bits per heavy atom. The molecule has 0 saturated carbocycles. The normalized spacial score (nSPS) is 21.8. The third kappa shape index (κ3) is 7.83. The second-order valence-corrected chi connectivity index (χ2v) is 8.26. The van der Waals surface area contributed by atoms with Gasteiger partial charge in [-0.05, 0) is 25.2 Å². The number of likely N-dealkylation sites (tertiary alicyclic amines) is 1. The monoisotopic (exact) mass is 547 g/mol. The Balaban J connectivity index is 0.00000300. The maximum absolute atomic E-state index is 12.6. The Kier molecular flexibility index (Phi) is 9.89. The Morgan fingerprint density at radius 2 is 2.10 bits per heavy atom. The molecule has 2 aliphatic rings. The van der Waals surface area contributed by atoms with Gasteiger partial charge in [0, 0.05) is 57.7 Å². The third-order valence-corrected chi connectivity index (χ3v) is 6.07. The van der Waals surface area contributed by atoms with Crippen molar-refractivity contribution in [3.8, 4) is 0 Å². The summed E-state index contributed by atoms with van der Waals surface area (Å²) in [4.78, 5) is 10.4. The lowest BCUT2D eigenvalue weighted by atomic mass is 10.0. The topological polar surface area (TPSA) is 61.8 Å². The summed E-state index contributed by atoms with van der Waals surface area (Å²) in [6.45, 7) is 5.51. The van der Waals surface area contributed by atoms with E-state index in [0.29, 0.717) is 35.9 Å². The molecule has 0 aromatic carbocycles. The highest BCUT2D eigenvalue weighted by molar-refractivity contribution is 14.0. The number of nitrogens with zero attached hydrogens (tertiary/aromatic N) is 3. The van der Waals surface area contributed by atoms with Crippen molar-refractivity contribution in [1.82, 2.24) is 20.5 Å². The van der Waals surface area contributed by atoms with Gasteiger partial charge in [-0.3, -0.25) is 4.99 Å². The molecule has 0 radical (unpaired) electrons. The van der Waals surface area contributed by atoms with Gasteiger partial charge in [-0.2, -0.15) is 13.2 Å². The lowest BCUT2D eigenvalue weighted by Crippen LogP contribution is -2.49. The molecule has 2 aliphatic heterocycles. The second kappa shape index (κ2) is 11.7. The minimum atomic E-state index is -4.38. The molecule has 2 fully saturated rings. The summed E-state index contributed by atoms with van der Waals surface area (Å²) in [5.74, 6) is 1.36. The van der Waals surface area contributed by atoms with Crippen molar-refractivity contribution in [1.29, 1.82) is 0 Å². The molecule has 29 heavy (non-hydrogen) atoms. The number of aliphatic imine (C=N–C) groups is 1. The second-order valence-electron chi connectivity index (χ2n) is 7.32. The van der Waals surface area contributed by atoms with Gasteiger partial charge in [-0.1, -0.05) is 0 Å². The molecule has 6 nitrogen and oxygen atoms in total. The van der Waals surface area contributed by atoms with Crippen molar-refractivity contribution in [2.24, 2.45) is 10.9 Å². The first kappa shape index (κ1) is 24.6. The van der Waals surface area contributed by atoms with Crippen LogP contribution in [-0.2, 0) is 17.3 Å². The molecule has 166 valence electrons. The number of piperidine rings is 1. The third-order valence-electron chi connectivity index (χ3n) is 5.17. The highest BCUT2D eigenvalue weighted by atomic mass is 127. The Morgan fingerprint density at radius 3 is 2.69 bits per heavy atom. The van der Waals surface area contributed by atoms with Gasteiger partial charge in [-0.15, -0.1) is 35.3 Å². The SMILES string of the molecule is CN=C(NCCc1nc(C(F)(F)F)cs1)NC1CCN(CC2CCOC2)CC1.I. The average Bonchev–Trinajstić information content (AvgIpc) is 3.34. The number of alkyl halides is 3. The standard InChI is InChI=1S/C18H28F3N5OS.HI/c1-22-17(23-6-2-16-25-15(12-28-16)18(19,20)21)24-14-3-7-26(8-4-14)10-13-5-9-27-11-13;/h12-14H,2-11H2,1H3,(H2,22,23,24);1H. The number of thiazole rings is 1. The van der Waals surface area contributed by atoms with E-state index in [9.17, 15) is 13.2 Å². The maximum Gasteiger partial charge on any atom is 0.434 e. The molecule has 2 saturated heterocycles. The fourth-order valence-electron chi connectivity index (χ4n) is 3.58. The molecule has 3 heterocycles. The lowest BCUT2D eigenvalue weighted by molar-refractivity contribution is -0.140. The van der Waals surface area contributed by atoms with E-state index in [1.54, 1.807) is 7.05 Å². The van der Waals surface area contributed by atoms with Crippen molar-refractivity contribution >= 4 is 41.3 Å². The van der Waals surface area contributed by atoms with Gasteiger partial charge in [0.25, 0.3) is 0 Å². The minimum absolute atomic E-state index is 0. The van der Waals surface area contributed by atoms with Gasteiger partial charge in [0.1, 0.15) is 0 Å². The van der Waals surface area contributed by atoms with E-state index in [1.807, 2.05) is 0 Å². The number of ether oxygens (including phenoxy) is 1. The van der Waals surface area contributed by atoms with Gasteiger partial charge in [0.2, 0.25) is 0 Å². The van der Waals surface area contributed by atoms with Crippen LogP contribution in [0.3, 0.4) is 0 Å². The van der Waals surface area contributed by atoms with Crippen LogP contribution in [0, 0.1) is 5.92 Å². The van der Waals surface area contributed by atoms with E-state index >= 15 is 0 Å². The summed E-state index contributed by atoms with van der Waals surface area (Å²) >= 11 is 1.04. The average molecular weight is 547 g/mol. The summed E-state index contributed by atoms with van der Waals surface area (Å²) in [5, 5.41) is 8.14. The summed E-state index contributed by atoms with van der Waals surface area (Å²) in [6, 6.07) is 0.360. The molecule has 1 aromatic heterocycles. The molecule has 2 N–H and O–H groups in total. The van der Waals surface area contributed by atoms with Crippen LogP contribution in [0.1, 0.15) is 30.0 Å². The number of hydrogen-bond acceptors (Lipinski definition) is 5. The lowest BCUT2D eigenvalue weighted by Gasteiger charge is -2.34. The molecule has 1 aromatic rings. The van der Waals surface area contributed by atoms with E-state index in [0.717, 1.165) is 68.8 Å². The molecular formula is C18H29F3IN5OS. The highest BCUT2D eigenvalue weighted by Crippen LogP contribution is 2.30. The Labute approximate surface area is 190 Å². The number of nitrogens with one attached hydrogen (secondary N) is 2. The molecule has 0 spiro atoms. The van der Waals surface area contributed by atoms with Gasteiger partial charge in [0.05, 0.1) is 11.6 Å². The first-order valence-electron chi connectivity index (χ1n) is 9.73. The summed E-state index contributed by atoms with van der Waals surface area (Å²) in [5.41, 5.74) is -0.814. The van der Waals surface area contributed by atoms with Crippen LogP contribution in [0.2, 0.25) is 0 Å². The molecule has 0 aliphatic carbocycles. The van der Waals surface area contributed by atoms with Gasteiger partial charge >= 0.3 is 6.18 Å². The summed E-state index contributed by atoms with van der Waals surface area (Å²) in [6.07, 6.45) is -0.674. The zero-order chi connectivity index (χ0) is 20.0. The van der Waals surface area contributed by atoms with Crippen molar-refractivity contribution in [2.45, 2.75) is 37.9 Å². The van der Waals surface area contributed by atoms with Crippen LogP contribution in [0.4, 0.5) is 13.2 Å². The van der Waals surface area contributed by atoms with Gasteiger partial charge < -0.3 is 20.3 Å². The number of guanidine groups is 1. The Hall–Kier alpha value is -0.660. The first-order valence-corrected chi connectivity index (χ1v) is 10.6. The molecule has 0 amide bonds. The van der Waals surface area contributed by atoms with Crippen LogP contribution in [0.5, 0.6) is 0 Å². The van der Waals surface area contributed by atoms with Gasteiger partial charge in [-0.25, -0.2) is 4.98 Å². The van der Waals surface area contributed by atoms with Crippen molar-refractivity contribution in [2.75, 3.05) is 46.4 Å². The van der Waals surface area contributed by atoms with Crippen LogP contribution in [0.25, 0.3) is 0 Å². The fourth-order valence-corrected chi connectivity index (χ4v) is 4.39. The molecule has 1 unspecified atom stereocenters. The molecular weight excluding hydrogens is 518 g/mol. The zero-order valence-corrected chi connectivity index (χ0v) is 19.7. The van der Waals surface area contributed by atoms with E-state index < -0.39 is 11.9 Å². The summed E-state index contributed by atoms with van der Waals surface area (Å²) in [7, 11) is 1.70. The van der Waals surface area contributed by atoms with Crippen molar-refractivity contribution in [3.05, 3.63) is 16.1 Å². The Bertz CT molecular complexity index is 644. The number of halogens is 4. The minimum Gasteiger partial charge on any atom is -0.381 e. The predicted molar refractivity (Wildman–Crippen MR) is 119 cm³/mol. The smallest absolute Gasteiger partial charge is 0.381 e. The molecule has 1 atom stereocenters. The van der Waals surface area contributed by atoms with Gasteiger partial charge in [0.15, 0.2) is 11.7 Å². The van der Waals surface area contributed by atoms with Crippen LogP contribution >= 0.6 is 35.3 Å². The largest absolute Gasteiger partial charge is 0.434 e. The zero-order valence-electron chi connectivity index (χ0n) is 16.5. The number of aromatic nitrogens is 1. The number of rotatable bonds is 6. The van der Waals surface area contributed by atoms with Crippen LogP contribution < -0.4 is 10.6 Å².